The standard InChI is InChI=1S/C16H14ClFO/c1-11-3-2-4-12(7-11)8-15(19)9-13-5-6-14(17)10-16(13)18/h2-7,10H,8-9H2,1H3. The van der Waals surface area contributed by atoms with Crippen molar-refractivity contribution in [2.75, 3.05) is 0 Å². The second kappa shape index (κ2) is 5.98. The quantitative estimate of drug-likeness (QED) is 0.820. The number of halogens is 2. The molecule has 2 aromatic rings. The van der Waals surface area contributed by atoms with E-state index >= 15 is 0 Å². The van der Waals surface area contributed by atoms with Crippen LogP contribution in [0.2, 0.25) is 5.02 Å². The number of carbonyl (C=O) groups excluding carboxylic acids is 1. The second-order valence-corrected chi connectivity index (χ2v) is 5.05. The maximum absolute atomic E-state index is 13.6. The lowest BCUT2D eigenvalue weighted by Gasteiger charge is -2.04. The Bertz CT molecular complexity index is 607. The van der Waals surface area contributed by atoms with E-state index in [9.17, 15) is 9.18 Å². The van der Waals surface area contributed by atoms with Gasteiger partial charge >= 0.3 is 0 Å². The van der Waals surface area contributed by atoms with Gasteiger partial charge in [-0.3, -0.25) is 4.79 Å². The van der Waals surface area contributed by atoms with Gasteiger partial charge in [0.1, 0.15) is 11.6 Å². The maximum Gasteiger partial charge on any atom is 0.141 e. The fourth-order valence-electron chi connectivity index (χ4n) is 1.99. The van der Waals surface area contributed by atoms with E-state index in [1.54, 1.807) is 12.1 Å². The first-order valence-corrected chi connectivity index (χ1v) is 6.43. The predicted molar refractivity (Wildman–Crippen MR) is 75.0 cm³/mol. The first-order valence-electron chi connectivity index (χ1n) is 6.06. The molecule has 0 N–H and O–H groups in total. The third-order valence-electron chi connectivity index (χ3n) is 2.89. The molecule has 0 aliphatic heterocycles. The van der Waals surface area contributed by atoms with Gasteiger partial charge in [0.05, 0.1) is 0 Å². The number of carbonyl (C=O) groups is 1. The highest BCUT2D eigenvalue weighted by Gasteiger charge is 2.09. The third kappa shape index (κ3) is 3.90. The van der Waals surface area contributed by atoms with Gasteiger partial charge in [0.2, 0.25) is 0 Å². The van der Waals surface area contributed by atoms with Crippen molar-refractivity contribution in [2.24, 2.45) is 0 Å². The lowest BCUT2D eigenvalue weighted by Crippen LogP contribution is -2.08. The molecule has 0 spiro atoms. The average molecular weight is 277 g/mol. The zero-order valence-corrected chi connectivity index (χ0v) is 11.4. The molecule has 0 heterocycles. The molecule has 2 aromatic carbocycles. The number of ketones is 1. The fraction of sp³-hybridized carbons (Fsp3) is 0.188. The van der Waals surface area contributed by atoms with Crippen LogP contribution in [0.1, 0.15) is 16.7 Å². The van der Waals surface area contributed by atoms with Crippen molar-refractivity contribution in [3.63, 3.8) is 0 Å². The molecule has 0 aliphatic carbocycles. The Labute approximate surface area is 117 Å². The number of hydrogen-bond donors (Lipinski definition) is 0. The first-order chi connectivity index (χ1) is 9.04. The Morgan fingerprint density at radius 1 is 1.16 bits per heavy atom. The van der Waals surface area contributed by atoms with Crippen LogP contribution < -0.4 is 0 Å². The van der Waals surface area contributed by atoms with Gasteiger partial charge in [-0.05, 0) is 30.2 Å². The lowest BCUT2D eigenvalue weighted by molar-refractivity contribution is -0.117. The van der Waals surface area contributed by atoms with Crippen LogP contribution in [0.5, 0.6) is 0 Å². The molecule has 0 radical (unpaired) electrons. The van der Waals surface area contributed by atoms with Gasteiger partial charge in [0.25, 0.3) is 0 Å². The summed E-state index contributed by atoms with van der Waals surface area (Å²) in [5.74, 6) is -0.433. The third-order valence-corrected chi connectivity index (χ3v) is 3.12. The van der Waals surface area contributed by atoms with Gasteiger partial charge in [-0.1, -0.05) is 47.5 Å². The van der Waals surface area contributed by atoms with Crippen molar-refractivity contribution in [1.82, 2.24) is 0 Å². The van der Waals surface area contributed by atoms with E-state index in [1.807, 2.05) is 31.2 Å². The summed E-state index contributed by atoms with van der Waals surface area (Å²) in [6.45, 7) is 1.98. The average Bonchev–Trinajstić information content (AvgIpc) is 2.33. The van der Waals surface area contributed by atoms with Crippen LogP contribution in [0.3, 0.4) is 0 Å². The minimum atomic E-state index is -0.426. The zero-order chi connectivity index (χ0) is 13.8. The van der Waals surface area contributed by atoms with Gasteiger partial charge in [0, 0.05) is 17.9 Å². The Kier molecular flexibility index (Phi) is 4.33. The molecule has 0 saturated heterocycles. The van der Waals surface area contributed by atoms with Crippen LogP contribution in [0.25, 0.3) is 0 Å². The van der Waals surface area contributed by atoms with Crippen LogP contribution >= 0.6 is 11.6 Å². The maximum atomic E-state index is 13.6. The molecule has 0 amide bonds. The highest BCUT2D eigenvalue weighted by atomic mass is 35.5. The van der Waals surface area contributed by atoms with Gasteiger partial charge in [0.15, 0.2) is 0 Å². The zero-order valence-electron chi connectivity index (χ0n) is 10.6. The molecule has 0 saturated carbocycles. The molecule has 0 aliphatic rings. The van der Waals surface area contributed by atoms with E-state index in [0.29, 0.717) is 17.0 Å². The van der Waals surface area contributed by atoms with Crippen LogP contribution in [-0.4, -0.2) is 5.78 Å². The Morgan fingerprint density at radius 3 is 2.63 bits per heavy atom. The highest BCUT2D eigenvalue weighted by Crippen LogP contribution is 2.16. The fourth-order valence-corrected chi connectivity index (χ4v) is 2.15. The summed E-state index contributed by atoms with van der Waals surface area (Å²) in [6.07, 6.45) is 0.417. The molecular formula is C16H14ClFO. The smallest absolute Gasteiger partial charge is 0.141 e. The normalized spacial score (nSPS) is 10.5. The van der Waals surface area contributed by atoms with Crippen LogP contribution in [0, 0.1) is 12.7 Å². The Hall–Kier alpha value is -1.67. The molecule has 0 aromatic heterocycles. The summed E-state index contributed by atoms with van der Waals surface area (Å²) in [7, 11) is 0. The molecule has 0 fully saturated rings. The molecule has 2 rings (SSSR count). The molecule has 98 valence electrons. The van der Waals surface area contributed by atoms with Crippen molar-refractivity contribution in [3.05, 3.63) is 70.0 Å². The second-order valence-electron chi connectivity index (χ2n) is 4.62. The van der Waals surface area contributed by atoms with Crippen molar-refractivity contribution in [1.29, 1.82) is 0 Å². The summed E-state index contributed by atoms with van der Waals surface area (Å²) in [5.41, 5.74) is 2.46. The Morgan fingerprint density at radius 2 is 1.95 bits per heavy atom. The van der Waals surface area contributed by atoms with E-state index in [-0.39, 0.29) is 12.2 Å². The molecule has 0 atom stereocenters. The summed E-state index contributed by atoms with van der Waals surface area (Å²) in [5, 5.41) is 0.340. The SMILES string of the molecule is Cc1cccc(CC(=O)Cc2ccc(Cl)cc2F)c1. The number of aryl methyl sites for hydroxylation is 1. The molecular weight excluding hydrogens is 263 g/mol. The van der Waals surface area contributed by atoms with E-state index < -0.39 is 5.82 Å². The number of benzene rings is 2. The van der Waals surface area contributed by atoms with Gasteiger partial charge in [-0.2, -0.15) is 0 Å². The highest BCUT2D eigenvalue weighted by molar-refractivity contribution is 6.30. The van der Waals surface area contributed by atoms with Gasteiger partial charge < -0.3 is 0 Å². The van der Waals surface area contributed by atoms with Crippen molar-refractivity contribution in [2.45, 2.75) is 19.8 Å². The molecule has 0 bridgehead atoms. The summed E-state index contributed by atoms with van der Waals surface area (Å²) >= 11 is 5.68. The van der Waals surface area contributed by atoms with E-state index in [2.05, 4.69) is 0 Å². The number of rotatable bonds is 4. The summed E-state index contributed by atoms with van der Waals surface area (Å²) in [6, 6.07) is 12.2. The van der Waals surface area contributed by atoms with Crippen LogP contribution in [0.15, 0.2) is 42.5 Å². The van der Waals surface area contributed by atoms with E-state index in [0.717, 1.165) is 11.1 Å². The van der Waals surface area contributed by atoms with Crippen LogP contribution in [-0.2, 0) is 17.6 Å². The minimum absolute atomic E-state index is 0.00757. The molecule has 0 unspecified atom stereocenters. The van der Waals surface area contributed by atoms with Gasteiger partial charge in [-0.15, -0.1) is 0 Å². The van der Waals surface area contributed by atoms with Crippen molar-refractivity contribution < 1.29 is 9.18 Å². The number of hydrogen-bond acceptors (Lipinski definition) is 1. The summed E-state index contributed by atoms with van der Waals surface area (Å²) < 4.78 is 13.6. The largest absolute Gasteiger partial charge is 0.299 e. The van der Waals surface area contributed by atoms with Crippen molar-refractivity contribution in [3.8, 4) is 0 Å². The van der Waals surface area contributed by atoms with Gasteiger partial charge in [-0.25, -0.2) is 4.39 Å². The van der Waals surface area contributed by atoms with Crippen molar-refractivity contribution >= 4 is 17.4 Å². The molecule has 1 nitrogen and oxygen atoms in total. The lowest BCUT2D eigenvalue weighted by atomic mass is 10.0. The Balaban J connectivity index is 2.05. The first kappa shape index (κ1) is 13.8. The number of Topliss-reactive ketones (excluding diaryl/α,β-unsaturated/α-hetero) is 1. The molecule has 3 heteroatoms. The molecule has 19 heavy (non-hydrogen) atoms. The van der Waals surface area contributed by atoms with E-state index in [1.165, 1.54) is 6.07 Å². The van der Waals surface area contributed by atoms with E-state index in [4.69, 9.17) is 11.6 Å². The minimum Gasteiger partial charge on any atom is -0.299 e. The monoisotopic (exact) mass is 276 g/mol. The predicted octanol–water partition coefficient (Wildman–Crippen LogP) is 4.14. The topological polar surface area (TPSA) is 17.1 Å². The van der Waals surface area contributed by atoms with Crippen LogP contribution in [0.4, 0.5) is 4.39 Å². The summed E-state index contributed by atoms with van der Waals surface area (Å²) in [4.78, 5) is 11.9.